The number of nitro groups is 1. The number of aromatic hydroxyl groups is 1. The highest BCUT2D eigenvalue weighted by Crippen LogP contribution is 2.26. The third-order valence-corrected chi connectivity index (χ3v) is 3.79. The van der Waals surface area contributed by atoms with E-state index in [0.29, 0.717) is 0 Å². The SMILES string of the molecule is O=C(COC(=O)c1cc2ccccc2cc1O)Nc1ccccc1[N+](=O)[O-]. The largest absolute Gasteiger partial charge is 0.507 e. The van der Waals surface area contributed by atoms with Crippen molar-refractivity contribution in [1.29, 1.82) is 0 Å². The average molecular weight is 366 g/mol. The van der Waals surface area contributed by atoms with Crippen molar-refractivity contribution in [3.63, 3.8) is 0 Å². The molecule has 0 bridgehead atoms. The monoisotopic (exact) mass is 366 g/mol. The maximum atomic E-state index is 12.2. The third kappa shape index (κ3) is 4.01. The highest BCUT2D eigenvalue weighted by molar-refractivity contribution is 6.00. The number of ether oxygens (including phenoxy) is 1. The van der Waals surface area contributed by atoms with Gasteiger partial charge in [0.05, 0.1) is 4.92 Å². The quantitative estimate of drug-likeness (QED) is 0.406. The van der Waals surface area contributed by atoms with Crippen molar-refractivity contribution in [3.8, 4) is 5.75 Å². The van der Waals surface area contributed by atoms with E-state index < -0.39 is 23.4 Å². The molecule has 27 heavy (non-hydrogen) atoms. The number of amides is 1. The molecule has 0 atom stereocenters. The second-order valence-electron chi connectivity index (χ2n) is 5.62. The van der Waals surface area contributed by atoms with Crippen LogP contribution in [0.15, 0.2) is 60.7 Å². The van der Waals surface area contributed by atoms with Crippen LogP contribution >= 0.6 is 0 Å². The van der Waals surface area contributed by atoms with Crippen LogP contribution in [0, 0.1) is 10.1 Å². The standard InChI is InChI=1S/C19H14N2O6/c22-17-10-13-6-2-1-5-12(13)9-14(17)19(24)27-11-18(23)20-15-7-3-4-8-16(15)21(25)26/h1-10,22H,11H2,(H,20,23). The Labute approximate surface area is 153 Å². The van der Waals surface area contributed by atoms with Gasteiger partial charge in [0, 0.05) is 6.07 Å². The fourth-order valence-corrected chi connectivity index (χ4v) is 2.53. The van der Waals surface area contributed by atoms with Crippen LogP contribution in [0.2, 0.25) is 0 Å². The van der Waals surface area contributed by atoms with Gasteiger partial charge in [-0.05, 0) is 29.0 Å². The lowest BCUT2D eigenvalue weighted by atomic mass is 10.1. The Hall–Kier alpha value is -3.94. The lowest BCUT2D eigenvalue weighted by Gasteiger charge is -2.09. The predicted octanol–water partition coefficient (Wildman–Crippen LogP) is 3.25. The van der Waals surface area contributed by atoms with E-state index in [1.165, 1.54) is 36.4 Å². The van der Waals surface area contributed by atoms with Gasteiger partial charge in [-0.1, -0.05) is 36.4 Å². The summed E-state index contributed by atoms with van der Waals surface area (Å²) in [6.45, 7) is -0.656. The number of hydrogen-bond donors (Lipinski definition) is 2. The van der Waals surface area contributed by atoms with E-state index in [0.717, 1.165) is 10.8 Å². The number of fused-ring (bicyclic) bond motifs is 1. The molecule has 0 aliphatic rings. The first-order valence-electron chi connectivity index (χ1n) is 7.88. The molecule has 3 aromatic carbocycles. The number of rotatable bonds is 5. The third-order valence-electron chi connectivity index (χ3n) is 3.79. The van der Waals surface area contributed by atoms with Crippen molar-refractivity contribution < 1.29 is 24.4 Å². The number of carbonyl (C=O) groups excluding carboxylic acids is 2. The average Bonchev–Trinajstić information content (AvgIpc) is 2.65. The summed E-state index contributed by atoms with van der Waals surface area (Å²) >= 11 is 0. The van der Waals surface area contributed by atoms with E-state index in [1.54, 1.807) is 24.3 Å². The van der Waals surface area contributed by atoms with Gasteiger partial charge in [0.15, 0.2) is 6.61 Å². The Balaban J connectivity index is 1.68. The fraction of sp³-hybridized carbons (Fsp3) is 0.0526. The molecule has 0 saturated carbocycles. The zero-order chi connectivity index (χ0) is 19.4. The van der Waals surface area contributed by atoms with Crippen LogP contribution < -0.4 is 5.32 Å². The van der Waals surface area contributed by atoms with Crippen LogP contribution in [-0.2, 0) is 9.53 Å². The number of anilines is 1. The summed E-state index contributed by atoms with van der Waals surface area (Å²) in [7, 11) is 0. The Morgan fingerprint density at radius 1 is 1.04 bits per heavy atom. The molecule has 0 aliphatic carbocycles. The minimum Gasteiger partial charge on any atom is -0.507 e. The Morgan fingerprint density at radius 2 is 1.67 bits per heavy atom. The first-order valence-corrected chi connectivity index (χ1v) is 7.88. The molecular formula is C19H14N2O6. The van der Waals surface area contributed by atoms with Crippen molar-refractivity contribution in [1.82, 2.24) is 0 Å². The van der Waals surface area contributed by atoms with E-state index in [-0.39, 0.29) is 22.7 Å². The Morgan fingerprint density at radius 3 is 2.37 bits per heavy atom. The number of nitrogens with one attached hydrogen (secondary N) is 1. The summed E-state index contributed by atoms with van der Waals surface area (Å²) in [6, 6.07) is 15.6. The number of nitro benzene ring substituents is 1. The molecule has 3 aromatic rings. The molecule has 0 radical (unpaired) electrons. The zero-order valence-electron chi connectivity index (χ0n) is 13.9. The molecule has 0 aromatic heterocycles. The van der Waals surface area contributed by atoms with Crippen molar-refractivity contribution in [2.45, 2.75) is 0 Å². The molecule has 1 amide bonds. The molecule has 0 unspecified atom stereocenters. The molecule has 0 saturated heterocycles. The molecule has 2 N–H and O–H groups in total. The molecule has 0 heterocycles. The van der Waals surface area contributed by atoms with Crippen LogP contribution in [-0.4, -0.2) is 28.5 Å². The number of esters is 1. The van der Waals surface area contributed by atoms with Crippen molar-refractivity contribution in [3.05, 3.63) is 76.3 Å². The normalized spacial score (nSPS) is 10.4. The van der Waals surface area contributed by atoms with Gasteiger partial charge in [0.25, 0.3) is 11.6 Å². The van der Waals surface area contributed by atoms with Crippen molar-refractivity contribution in [2.75, 3.05) is 11.9 Å². The Kier molecular flexibility index (Phi) is 4.98. The highest BCUT2D eigenvalue weighted by atomic mass is 16.6. The van der Waals surface area contributed by atoms with Crippen LogP contribution in [0.25, 0.3) is 10.8 Å². The number of benzene rings is 3. The van der Waals surface area contributed by atoms with Gasteiger partial charge in [-0.25, -0.2) is 4.79 Å². The van der Waals surface area contributed by atoms with E-state index >= 15 is 0 Å². The number of para-hydroxylation sites is 2. The molecule has 136 valence electrons. The minimum absolute atomic E-state index is 0.00268. The van der Waals surface area contributed by atoms with E-state index in [4.69, 9.17) is 4.74 Å². The van der Waals surface area contributed by atoms with Crippen LogP contribution in [0.3, 0.4) is 0 Å². The summed E-state index contributed by atoms with van der Waals surface area (Å²) < 4.78 is 4.91. The topological polar surface area (TPSA) is 119 Å². The van der Waals surface area contributed by atoms with Gasteiger partial charge in [-0.15, -0.1) is 0 Å². The van der Waals surface area contributed by atoms with Gasteiger partial charge in [-0.3, -0.25) is 14.9 Å². The number of hydrogen-bond acceptors (Lipinski definition) is 6. The molecule has 0 fully saturated rings. The van der Waals surface area contributed by atoms with Crippen LogP contribution in [0.4, 0.5) is 11.4 Å². The molecule has 3 rings (SSSR count). The van der Waals surface area contributed by atoms with Gasteiger partial charge in [0.1, 0.15) is 17.0 Å². The highest BCUT2D eigenvalue weighted by Gasteiger charge is 2.18. The van der Waals surface area contributed by atoms with Crippen molar-refractivity contribution in [2.24, 2.45) is 0 Å². The van der Waals surface area contributed by atoms with E-state index in [2.05, 4.69) is 5.32 Å². The predicted molar refractivity (Wildman–Crippen MR) is 97.6 cm³/mol. The lowest BCUT2D eigenvalue weighted by molar-refractivity contribution is -0.383. The van der Waals surface area contributed by atoms with Gasteiger partial charge in [-0.2, -0.15) is 0 Å². The summed E-state index contributed by atoms with van der Waals surface area (Å²) in [5.74, 6) is -1.88. The summed E-state index contributed by atoms with van der Waals surface area (Å²) in [4.78, 5) is 34.4. The second-order valence-corrected chi connectivity index (χ2v) is 5.62. The minimum atomic E-state index is -0.879. The molecular weight excluding hydrogens is 352 g/mol. The van der Waals surface area contributed by atoms with Crippen molar-refractivity contribution >= 4 is 34.0 Å². The molecule has 0 spiro atoms. The van der Waals surface area contributed by atoms with Gasteiger partial charge < -0.3 is 15.2 Å². The molecule has 0 aliphatic heterocycles. The zero-order valence-corrected chi connectivity index (χ0v) is 13.9. The summed E-state index contributed by atoms with van der Waals surface area (Å²) in [6.07, 6.45) is 0. The number of carbonyl (C=O) groups is 2. The first kappa shape index (κ1) is 17.9. The van der Waals surface area contributed by atoms with Gasteiger partial charge in [0.2, 0.25) is 0 Å². The van der Waals surface area contributed by atoms with Crippen LogP contribution in [0.5, 0.6) is 5.75 Å². The maximum Gasteiger partial charge on any atom is 0.342 e. The first-order chi connectivity index (χ1) is 13.0. The maximum absolute atomic E-state index is 12.2. The number of nitrogens with zero attached hydrogens (tertiary/aromatic N) is 1. The Bertz CT molecular complexity index is 1050. The summed E-state index contributed by atoms with van der Waals surface area (Å²) in [5.41, 5.74) is -0.353. The summed E-state index contributed by atoms with van der Waals surface area (Å²) in [5, 5.41) is 24.7. The smallest absolute Gasteiger partial charge is 0.342 e. The second kappa shape index (κ2) is 7.52. The van der Waals surface area contributed by atoms with E-state index in [1.807, 2.05) is 0 Å². The number of phenolic OH excluding ortho intramolecular Hbond substituents is 1. The van der Waals surface area contributed by atoms with Gasteiger partial charge >= 0.3 is 5.97 Å². The fourth-order valence-electron chi connectivity index (χ4n) is 2.53. The van der Waals surface area contributed by atoms with Crippen LogP contribution in [0.1, 0.15) is 10.4 Å². The number of phenols is 1. The lowest BCUT2D eigenvalue weighted by Crippen LogP contribution is -2.21. The molecule has 8 nitrogen and oxygen atoms in total. The van der Waals surface area contributed by atoms with E-state index in [9.17, 15) is 24.8 Å². The molecule has 8 heteroatoms.